The van der Waals surface area contributed by atoms with E-state index in [1.165, 1.54) is 46.2 Å². The summed E-state index contributed by atoms with van der Waals surface area (Å²) in [6.45, 7) is 1.57. The van der Waals surface area contributed by atoms with Gasteiger partial charge in [0, 0.05) is 13.1 Å². The van der Waals surface area contributed by atoms with Crippen molar-refractivity contribution >= 4 is 126 Å². The highest BCUT2D eigenvalue weighted by Gasteiger charge is 2.65. The zero-order chi connectivity index (χ0) is 69.0. The van der Waals surface area contributed by atoms with Crippen LogP contribution in [0.25, 0.3) is 23.3 Å². The van der Waals surface area contributed by atoms with Crippen molar-refractivity contribution < 1.29 is 66.8 Å². The van der Waals surface area contributed by atoms with Gasteiger partial charge in [0.2, 0.25) is 16.2 Å². The Morgan fingerprint density at radius 2 is 0.606 bits per heavy atom. The van der Waals surface area contributed by atoms with Crippen LogP contribution in [0.2, 0.25) is 0 Å². The fourth-order valence-electron chi connectivity index (χ4n) is 12.6. The second kappa shape index (κ2) is 28.4. The van der Waals surface area contributed by atoms with Crippen molar-refractivity contribution in [1.82, 2.24) is 9.80 Å². The number of hydrogen-bond donors (Lipinski definition) is 0. The number of carbonyl (C=O) groups is 8. The first-order valence-electron chi connectivity index (χ1n) is 31.4. The lowest BCUT2D eigenvalue weighted by atomic mass is 9.74. The van der Waals surface area contributed by atoms with E-state index in [0.29, 0.717) is 33.4 Å². The van der Waals surface area contributed by atoms with Crippen LogP contribution < -0.4 is 0 Å². The highest BCUT2D eigenvalue weighted by molar-refractivity contribution is 8.35. The molecule has 3 aliphatic carbocycles. The first-order valence-corrected chi connectivity index (χ1v) is 33.9. The summed E-state index contributed by atoms with van der Waals surface area (Å²) in [5.74, 6) is -8.31. The van der Waals surface area contributed by atoms with Crippen LogP contribution in [0, 0.1) is 0 Å². The van der Waals surface area contributed by atoms with Gasteiger partial charge < -0.3 is 28.4 Å². The first kappa shape index (κ1) is 66.8. The Kier molecular flexibility index (Phi) is 19.1. The van der Waals surface area contributed by atoms with Crippen LogP contribution in [0.3, 0.4) is 0 Å². The van der Waals surface area contributed by atoms with Crippen molar-refractivity contribution in [2.45, 2.75) is 69.7 Å². The van der Waals surface area contributed by atoms with Gasteiger partial charge in [-0.2, -0.15) is 0 Å². The van der Waals surface area contributed by atoms with Crippen molar-refractivity contribution in [3.05, 3.63) is 284 Å². The first-order chi connectivity index (χ1) is 48.1. The van der Waals surface area contributed by atoms with E-state index >= 15 is 28.8 Å². The predicted molar refractivity (Wildman–Crippen MR) is 379 cm³/mol. The molecule has 2 heterocycles. The molecule has 2 amide bonds. The number of rotatable bonds is 22. The average Bonchev–Trinajstić information content (AvgIpc) is 1.51. The van der Waals surface area contributed by atoms with Crippen LogP contribution in [-0.4, -0.2) is 89.2 Å². The van der Waals surface area contributed by atoms with Gasteiger partial charge in [0.25, 0.3) is 11.8 Å². The molecular weight excluding hydrogens is 1330 g/mol. The molecule has 18 nitrogen and oxygen atoms in total. The third-order valence-electron chi connectivity index (χ3n) is 17.5. The maximum Gasteiger partial charge on any atom is 0.334 e. The molecule has 5 aliphatic rings. The summed E-state index contributed by atoms with van der Waals surface area (Å²) < 4.78 is 38.0. The molecule has 22 heteroatoms. The summed E-state index contributed by atoms with van der Waals surface area (Å²) in [5, 5.41) is -0.394. The van der Waals surface area contributed by atoms with E-state index < -0.39 is 63.9 Å². The smallest absolute Gasteiger partial charge is 0.334 e. The van der Waals surface area contributed by atoms with Crippen molar-refractivity contribution in [2.75, 3.05) is 13.1 Å². The van der Waals surface area contributed by atoms with E-state index in [1.807, 2.05) is 0 Å². The number of nitrogens with zero attached hydrogens (tertiary/aromatic N) is 4. The van der Waals surface area contributed by atoms with Crippen LogP contribution in [-0.2, 0) is 123 Å². The van der Waals surface area contributed by atoms with Gasteiger partial charge in [-0.1, -0.05) is 206 Å². The number of benzene rings is 8. The third kappa shape index (κ3) is 12.3. The van der Waals surface area contributed by atoms with Crippen LogP contribution in [0.1, 0.15) is 80.6 Å². The lowest BCUT2D eigenvalue weighted by Gasteiger charge is -2.30. The molecule has 2 fully saturated rings. The molecule has 2 aliphatic heterocycles. The summed E-state index contributed by atoms with van der Waals surface area (Å²) >= 11 is 13.0. The quantitative estimate of drug-likeness (QED) is 0.0266. The molecule has 2 saturated heterocycles. The van der Waals surface area contributed by atoms with Gasteiger partial charge in [-0.25, -0.2) is 9.98 Å². The van der Waals surface area contributed by atoms with E-state index in [4.69, 9.17) is 62.8 Å². The number of aliphatic imine (C=N–C) groups is 2. The van der Waals surface area contributed by atoms with Gasteiger partial charge in [-0.15, -0.1) is 0 Å². The SMILES string of the molecule is CCN1C(=O)/C(=N/C2=Cc3cc4c(cc3C2(C(=O)OCc2ccccc2)C(=O)OCc2ccccc2)-c2cc3c(cc2C4(C(=O)OCc2ccccc2)C(=O)OCc2ccccc2)C=C(/N=C2\SC(=S)N(CC)C2=O)C3(C(=O)OCc2ccccc2)C(=O)OCc2ccccc2)SC1=S. The van der Waals surface area contributed by atoms with Crippen molar-refractivity contribution in [1.29, 1.82) is 0 Å². The molecule has 0 spiro atoms. The minimum absolute atomic E-state index is 0.0299. The van der Waals surface area contributed by atoms with Gasteiger partial charge in [-0.3, -0.25) is 48.2 Å². The minimum Gasteiger partial charge on any atom is -0.459 e. The maximum absolute atomic E-state index is 16.3. The lowest BCUT2D eigenvalue weighted by Crippen LogP contribution is -2.47. The van der Waals surface area contributed by atoms with E-state index in [9.17, 15) is 9.59 Å². The molecule has 0 unspecified atom stereocenters. The van der Waals surface area contributed by atoms with E-state index in [-0.39, 0.29) is 127 Å². The van der Waals surface area contributed by atoms with E-state index in [1.54, 1.807) is 196 Å². The van der Waals surface area contributed by atoms with Gasteiger partial charge in [0.05, 0.1) is 11.4 Å². The molecule has 8 aromatic carbocycles. The molecule has 0 aromatic heterocycles. The largest absolute Gasteiger partial charge is 0.459 e. The zero-order valence-corrected chi connectivity index (χ0v) is 56.3. The topological polar surface area (TPSA) is 223 Å². The number of thioether (sulfide) groups is 2. The Bertz CT molecular complexity index is 4350. The molecule has 13 rings (SSSR count). The molecule has 0 saturated carbocycles. The van der Waals surface area contributed by atoms with Crippen LogP contribution in [0.4, 0.5) is 0 Å². The van der Waals surface area contributed by atoms with Crippen molar-refractivity contribution in [3.63, 3.8) is 0 Å². The Morgan fingerprint density at radius 3 is 0.838 bits per heavy atom. The highest BCUT2D eigenvalue weighted by Crippen LogP contribution is 2.59. The summed E-state index contributed by atoms with van der Waals surface area (Å²) in [6.07, 6.45) is 2.77. The summed E-state index contributed by atoms with van der Waals surface area (Å²) in [7, 11) is 0. The average molecular weight is 1390 g/mol. The van der Waals surface area contributed by atoms with E-state index in [2.05, 4.69) is 0 Å². The Balaban J connectivity index is 1.10. The number of amides is 2. The summed E-state index contributed by atoms with van der Waals surface area (Å²) in [5.41, 5.74) is -6.10. The third-order valence-corrected chi connectivity index (χ3v) is 20.1. The number of thiocarbonyl (C=S) groups is 2. The van der Waals surface area contributed by atoms with Gasteiger partial charge in [0.15, 0.2) is 10.1 Å². The molecule has 494 valence electrons. The monoisotopic (exact) mass is 1390 g/mol. The second-order valence-corrected chi connectivity index (χ2v) is 26.6. The molecule has 0 N–H and O–H groups in total. The van der Waals surface area contributed by atoms with Crippen molar-refractivity contribution in [2.24, 2.45) is 9.98 Å². The van der Waals surface area contributed by atoms with Crippen LogP contribution in [0.5, 0.6) is 0 Å². The number of fused-ring (bicyclic) bond motifs is 5. The lowest BCUT2D eigenvalue weighted by molar-refractivity contribution is -0.166. The number of esters is 6. The Labute approximate surface area is 587 Å². The number of ether oxygens (including phenoxy) is 6. The molecule has 99 heavy (non-hydrogen) atoms. The van der Waals surface area contributed by atoms with Crippen LogP contribution in [0.15, 0.2) is 228 Å². The van der Waals surface area contributed by atoms with Gasteiger partial charge >= 0.3 is 35.8 Å². The normalized spacial score (nSPS) is 16.5. The molecule has 0 bridgehead atoms. The standard InChI is InChI=1S/C77H58N4O14S4/c1-3-80-65(82)63(98-73(80)96)78-61-37-53-35-59-55(39-57(53)76(61,69(86)92-43-49-27-15-7-16-28-49)70(87)93-44-50-29-17-8-18-30-50)56-40-58-54(36-60(56)75(59,67(84)90-41-47-23-11-5-12-24-47)68(85)91-42-48-25-13-6-14-26-48)38-62(79-64-66(83)81(4-2)74(97)99-64)77(58,71(88)94-45-51-31-19-9-20-32-51)72(89)95-46-52-33-21-10-22-34-52/h5-40H,3-4,41-46H2,1-2H3/b78-63-,79-64-. The molecule has 0 radical (unpaired) electrons. The maximum atomic E-state index is 16.3. The van der Waals surface area contributed by atoms with Crippen molar-refractivity contribution in [3.8, 4) is 11.1 Å². The van der Waals surface area contributed by atoms with Crippen LogP contribution >= 0.6 is 48.0 Å². The number of hydrogen-bond acceptors (Lipinski definition) is 20. The van der Waals surface area contributed by atoms with E-state index in [0.717, 1.165) is 23.5 Å². The fraction of sp³-hybridized carbons (Fsp3) is 0.169. The highest BCUT2D eigenvalue weighted by atomic mass is 32.2. The summed E-state index contributed by atoms with van der Waals surface area (Å²) in [6, 6.07) is 58.1. The number of carbonyl (C=O) groups excluding carboxylic acids is 8. The zero-order valence-electron chi connectivity index (χ0n) is 53.1. The predicted octanol–water partition coefficient (Wildman–Crippen LogP) is 12.2. The van der Waals surface area contributed by atoms with Gasteiger partial charge in [0.1, 0.15) is 48.3 Å². The Hall–Kier alpha value is -10.8. The molecular formula is C77H58N4O14S4. The molecule has 8 aromatic rings. The van der Waals surface area contributed by atoms with Gasteiger partial charge in [-0.05, 0) is 152 Å². The minimum atomic E-state index is -2.73. The second-order valence-electron chi connectivity index (χ2n) is 23.3. The Morgan fingerprint density at radius 1 is 0.364 bits per heavy atom. The summed E-state index contributed by atoms with van der Waals surface area (Å²) in [4.78, 5) is 138. The molecule has 0 atom stereocenters. The fourth-order valence-corrected chi connectivity index (χ4v) is 15.1.